The fraction of sp³-hybridized carbons (Fsp3) is 0.231. The summed E-state index contributed by atoms with van der Waals surface area (Å²) < 4.78 is 5.79. The SMILES string of the molecule is CC(O)(CNC(=O)c1ccc(Br)nc1)c1ccco1. The highest BCUT2D eigenvalue weighted by Crippen LogP contribution is 2.19. The van der Waals surface area contributed by atoms with Crippen LogP contribution in [0.3, 0.4) is 0 Å². The van der Waals surface area contributed by atoms with Crippen molar-refractivity contribution in [2.45, 2.75) is 12.5 Å². The van der Waals surface area contributed by atoms with Crippen molar-refractivity contribution in [3.63, 3.8) is 0 Å². The molecule has 0 aromatic carbocycles. The van der Waals surface area contributed by atoms with E-state index in [0.29, 0.717) is 15.9 Å². The van der Waals surface area contributed by atoms with Crippen LogP contribution in [0.15, 0.2) is 45.7 Å². The molecular weight excluding hydrogens is 312 g/mol. The zero-order valence-corrected chi connectivity index (χ0v) is 11.8. The summed E-state index contributed by atoms with van der Waals surface area (Å²) in [6.07, 6.45) is 2.94. The highest BCUT2D eigenvalue weighted by molar-refractivity contribution is 9.10. The Morgan fingerprint density at radius 3 is 2.89 bits per heavy atom. The van der Waals surface area contributed by atoms with Crippen LogP contribution < -0.4 is 5.32 Å². The third-order valence-electron chi connectivity index (χ3n) is 2.63. The Hall–Kier alpha value is -1.66. The van der Waals surface area contributed by atoms with Gasteiger partial charge in [-0.25, -0.2) is 4.98 Å². The largest absolute Gasteiger partial charge is 0.466 e. The summed E-state index contributed by atoms with van der Waals surface area (Å²) in [6.45, 7) is 1.63. The van der Waals surface area contributed by atoms with Crippen molar-refractivity contribution in [3.8, 4) is 0 Å². The molecule has 0 saturated heterocycles. The van der Waals surface area contributed by atoms with Crippen LogP contribution in [0.25, 0.3) is 0 Å². The van der Waals surface area contributed by atoms with Gasteiger partial charge in [-0.15, -0.1) is 0 Å². The number of furan rings is 1. The van der Waals surface area contributed by atoms with E-state index in [9.17, 15) is 9.90 Å². The van der Waals surface area contributed by atoms with Crippen molar-refractivity contribution in [3.05, 3.63) is 52.7 Å². The number of amides is 1. The number of rotatable bonds is 4. The molecule has 0 fully saturated rings. The number of carbonyl (C=O) groups excluding carboxylic acids is 1. The molecule has 2 aromatic heterocycles. The quantitative estimate of drug-likeness (QED) is 0.844. The first-order valence-electron chi connectivity index (χ1n) is 5.65. The van der Waals surface area contributed by atoms with Crippen molar-refractivity contribution in [2.24, 2.45) is 0 Å². The van der Waals surface area contributed by atoms with Crippen molar-refractivity contribution in [2.75, 3.05) is 6.54 Å². The van der Waals surface area contributed by atoms with Gasteiger partial charge in [0, 0.05) is 6.20 Å². The summed E-state index contributed by atoms with van der Waals surface area (Å²) in [7, 11) is 0. The summed E-state index contributed by atoms with van der Waals surface area (Å²) in [5.41, 5.74) is -0.819. The molecule has 2 rings (SSSR count). The zero-order valence-electron chi connectivity index (χ0n) is 10.3. The molecule has 0 aliphatic carbocycles. The van der Waals surface area contributed by atoms with Crippen LogP contribution in [-0.4, -0.2) is 22.5 Å². The third-order valence-corrected chi connectivity index (χ3v) is 3.10. The molecule has 5 nitrogen and oxygen atoms in total. The van der Waals surface area contributed by atoms with E-state index in [-0.39, 0.29) is 12.5 Å². The average molecular weight is 325 g/mol. The van der Waals surface area contributed by atoms with Gasteiger partial charge in [0.1, 0.15) is 16.0 Å². The molecule has 0 saturated carbocycles. The summed E-state index contributed by atoms with van der Waals surface area (Å²) >= 11 is 3.20. The number of nitrogens with zero attached hydrogens (tertiary/aromatic N) is 1. The molecule has 6 heteroatoms. The first-order valence-corrected chi connectivity index (χ1v) is 6.44. The van der Waals surface area contributed by atoms with E-state index in [1.165, 1.54) is 12.5 Å². The van der Waals surface area contributed by atoms with Gasteiger partial charge in [-0.3, -0.25) is 4.79 Å². The molecule has 0 radical (unpaired) electrons. The maximum Gasteiger partial charge on any atom is 0.252 e. The maximum atomic E-state index is 11.9. The lowest BCUT2D eigenvalue weighted by Gasteiger charge is -2.21. The highest BCUT2D eigenvalue weighted by atomic mass is 79.9. The Labute approximate surface area is 118 Å². The second-order valence-electron chi connectivity index (χ2n) is 4.30. The molecule has 0 spiro atoms. The smallest absolute Gasteiger partial charge is 0.252 e. The topological polar surface area (TPSA) is 75.4 Å². The Morgan fingerprint density at radius 2 is 2.32 bits per heavy atom. The van der Waals surface area contributed by atoms with E-state index in [2.05, 4.69) is 26.2 Å². The third kappa shape index (κ3) is 3.42. The van der Waals surface area contributed by atoms with Gasteiger partial charge in [0.25, 0.3) is 5.91 Å². The second-order valence-corrected chi connectivity index (χ2v) is 5.12. The van der Waals surface area contributed by atoms with Gasteiger partial charge in [0.2, 0.25) is 0 Å². The van der Waals surface area contributed by atoms with Gasteiger partial charge in [-0.05, 0) is 47.1 Å². The summed E-state index contributed by atoms with van der Waals surface area (Å²) in [4.78, 5) is 15.8. The standard InChI is InChI=1S/C13H13BrN2O3/c1-13(18,10-3-2-6-19-10)8-16-12(17)9-4-5-11(14)15-7-9/h2-7,18H,8H2,1H3,(H,16,17). The first kappa shape index (κ1) is 13.8. The van der Waals surface area contributed by atoms with Crippen molar-refractivity contribution < 1.29 is 14.3 Å². The lowest BCUT2D eigenvalue weighted by molar-refractivity contribution is 0.0330. The molecule has 0 aliphatic rings. The summed E-state index contributed by atoms with van der Waals surface area (Å²) in [5, 5.41) is 12.8. The average Bonchev–Trinajstić information content (AvgIpc) is 2.91. The van der Waals surface area contributed by atoms with Gasteiger partial charge in [-0.1, -0.05) is 0 Å². The molecule has 19 heavy (non-hydrogen) atoms. The molecule has 1 atom stereocenters. The minimum absolute atomic E-state index is 0.0510. The Bertz CT molecular complexity index is 550. The summed E-state index contributed by atoms with van der Waals surface area (Å²) in [5.74, 6) is 0.105. The number of pyridine rings is 1. The predicted molar refractivity (Wildman–Crippen MR) is 72.5 cm³/mol. The number of hydrogen-bond acceptors (Lipinski definition) is 4. The summed E-state index contributed by atoms with van der Waals surface area (Å²) in [6, 6.07) is 6.67. The first-order chi connectivity index (χ1) is 8.99. The lowest BCUT2D eigenvalue weighted by Crippen LogP contribution is -2.38. The fourth-order valence-corrected chi connectivity index (χ4v) is 1.77. The van der Waals surface area contributed by atoms with Gasteiger partial charge in [-0.2, -0.15) is 0 Å². The zero-order chi connectivity index (χ0) is 13.9. The normalized spacial score (nSPS) is 13.8. The number of carbonyl (C=O) groups is 1. The van der Waals surface area contributed by atoms with Crippen molar-refractivity contribution in [1.29, 1.82) is 0 Å². The molecule has 0 aliphatic heterocycles. The Kier molecular flexibility index (Phi) is 4.01. The van der Waals surface area contributed by atoms with Crippen LogP contribution >= 0.6 is 15.9 Å². The highest BCUT2D eigenvalue weighted by Gasteiger charge is 2.26. The maximum absolute atomic E-state index is 11.9. The van der Waals surface area contributed by atoms with Gasteiger partial charge in [0.05, 0.1) is 18.4 Å². The van der Waals surface area contributed by atoms with Crippen molar-refractivity contribution >= 4 is 21.8 Å². The van der Waals surface area contributed by atoms with Crippen molar-refractivity contribution in [1.82, 2.24) is 10.3 Å². The monoisotopic (exact) mass is 324 g/mol. The molecular formula is C13H13BrN2O3. The van der Waals surface area contributed by atoms with E-state index >= 15 is 0 Å². The number of halogens is 1. The van der Waals surface area contributed by atoms with E-state index in [1.54, 1.807) is 31.2 Å². The molecule has 2 heterocycles. The van der Waals surface area contributed by atoms with Crippen LogP contribution in [0.5, 0.6) is 0 Å². The Morgan fingerprint density at radius 1 is 1.53 bits per heavy atom. The Balaban J connectivity index is 1.99. The van der Waals surface area contributed by atoms with Crippen LogP contribution in [0, 0.1) is 0 Å². The minimum atomic E-state index is -1.25. The number of aromatic nitrogens is 1. The molecule has 2 N–H and O–H groups in total. The minimum Gasteiger partial charge on any atom is -0.466 e. The van der Waals surface area contributed by atoms with Crippen LogP contribution in [0.2, 0.25) is 0 Å². The fourth-order valence-electron chi connectivity index (χ4n) is 1.54. The van der Waals surface area contributed by atoms with E-state index in [0.717, 1.165) is 0 Å². The number of hydrogen-bond donors (Lipinski definition) is 2. The molecule has 100 valence electrons. The second kappa shape index (κ2) is 5.54. The predicted octanol–water partition coefficient (Wildman–Crippen LogP) is 2.07. The van der Waals surface area contributed by atoms with E-state index < -0.39 is 5.60 Å². The van der Waals surface area contributed by atoms with Gasteiger partial charge in [0.15, 0.2) is 0 Å². The van der Waals surface area contributed by atoms with Gasteiger partial charge >= 0.3 is 0 Å². The van der Waals surface area contributed by atoms with Gasteiger partial charge < -0.3 is 14.8 Å². The van der Waals surface area contributed by atoms with E-state index in [1.807, 2.05) is 0 Å². The molecule has 1 unspecified atom stereocenters. The molecule has 2 aromatic rings. The number of nitrogens with one attached hydrogen (secondary N) is 1. The van der Waals surface area contributed by atoms with Crippen LogP contribution in [0.4, 0.5) is 0 Å². The molecule has 0 bridgehead atoms. The number of aliphatic hydroxyl groups is 1. The molecule has 1 amide bonds. The van der Waals surface area contributed by atoms with Crippen LogP contribution in [0.1, 0.15) is 23.0 Å². The van der Waals surface area contributed by atoms with Crippen LogP contribution in [-0.2, 0) is 5.60 Å². The van der Waals surface area contributed by atoms with E-state index in [4.69, 9.17) is 4.42 Å². The lowest BCUT2D eigenvalue weighted by atomic mass is 10.0.